The van der Waals surface area contributed by atoms with Crippen LogP contribution in [0.4, 0.5) is 4.39 Å². The molecule has 31 heavy (non-hydrogen) atoms. The van der Waals surface area contributed by atoms with Crippen molar-refractivity contribution >= 4 is 5.78 Å². The standard InChI is InChI=1S/C26H39FN2O2/c1-16-13-28-29(14-16)15-23(30)20-6-5-18-17-11-22(27)21-12-24(2,31)9-10-26(21,4)19(17)7-8-25(18,20)3/h13-14,17-22,31H,5-12,15H2,1-4H3/t17-,18-,19-,20+,21+,22+,24+,25-,26+/m0/s1. The second kappa shape index (κ2) is 7.13. The monoisotopic (exact) mass is 430 g/mol. The number of carbonyl (C=O) groups excluding carboxylic acids is 1. The molecular formula is C26H39FN2O2. The van der Waals surface area contributed by atoms with Crippen molar-refractivity contribution in [3.05, 3.63) is 18.0 Å². The fraction of sp³-hybridized carbons (Fsp3) is 0.846. The average Bonchev–Trinajstić information content (AvgIpc) is 3.26. The maximum Gasteiger partial charge on any atom is 0.157 e. The molecule has 4 saturated carbocycles. The van der Waals surface area contributed by atoms with E-state index in [1.165, 1.54) is 0 Å². The number of carbonyl (C=O) groups is 1. The van der Waals surface area contributed by atoms with Gasteiger partial charge in [-0.15, -0.1) is 0 Å². The summed E-state index contributed by atoms with van der Waals surface area (Å²) in [7, 11) is 0. The third-order valence-corrected chi connectivity index (χ3v) is 10.4. The molecule has 4 fully saturated rings. The van der Waals surface area contributed by atoms with Crippen LogP contribution in [0.15, 0.2) is 12.4 Å². The highest BCUT2D eigenvalue weighted by molar-refractivity contribution is 5.82. The molecular weight excluding hydrogens is 391 g/mol. The molecule has 4 nitrogen and oxygen atoms in total. The lowest BCUT2D eigenvalue weighted by Gasteiger charge is -2.62. The van der Waals surface area contributed by atoms with E-state index < -0.39 is 11.8 Å². The number of fused-ring (bicyclic) bond motifs is 5. The summed E-state index contributed by atoms with van der Waals surface area (Å²) in [5, 5.41) is 15.0. The van der Waals surface area contributed by atoms with Crippen LogP contribution in [0.1, 0.15) is 77.7 Å². The SMILES string of the molecule is Cc1cnn(CC(=O)[C@H]2CC[C@H]3[C@@H]4C[C@@H](F)[C@H]5C[C@](C)(O)CC[C@]5(C)[C@H]4CC[C@]23C)c1. The van der Waals surface area contributed by atoms with Gasteiger partial charge in [-0.25, -0.2) is 4.39 Å². The number of ketones is 1. The smallest absolute Gasteiger partial charge is 0.157 e. The summed E-state index contributed by atoms with van der Waals surface area (Å²) in [6.45, 7) is 8.88. The molecule has 0 bridgehead atoms. The van der Waals surface area contributed by atoms with E-state index >= 15 is 4.39 Å². The highest BCUT2D eigenvalue weighted by Crippen LogP contribution is 2.68. The Morgan fingerprint density at radius 2 is 1.87 bits per heavy atom. The van der Waals surface area contributed by atoms with Crippen molar-refractivity contribution < 1.29 is 14.3 Å². The third-order valence-electron chi connectivity index (χ3n) is 10.4. The van der Waals surface area contributed by atoms with E-state index in [1.54, 1.807) is 10.9 Å². The largest absolute Gasteiger partial charge is 0.390 e. The first-order valence-electron chi connectivity index (χ1n) is 12.4. The van der Waals surface area contributed by atoms with Gasteiger partial charge in [0.05, 0.1) is 18.3 Å². The molecule has 4 aliphatic rings. The number of Topliss-reactive ketones (excluding diaryl/α,β-unsaturated/α-hetero) is 1. The minimum absolute atomic E-state index is 0.0104. The van der Waals surface area contributed by atoms with E-state index in [0.29, 0.717) is 42.9 Å². The molecule has 1 aromatic rings. The van der Waals surface area contributed by atoms with E-state index in [-0.39, 0.29) is 22.7 Å². The number of rotatable bonds is 3. The highest BCUT2D eigenvalue weighted by Gasteiger charge is 2.63. The van der Waals surface area contributed by atoms with E-state index in [2.05, 4.69) is 18.9 Å². The Labute approximate surface area is 186 Å². The van der Waals surface area contributed by atoms with Crippen molar-refractivity contribution in [1.82, 2.24) is 9.78 Å². The normalized spacial score (nSPS) is 49.2. The van der Waals surface area contributed by atoms with Gasteiger partial charge in [-0.1, -0.05) is 13.8 Å². The number of hydrogen-bond acceptors (Lipinski definition) is 3. The minimum atomic E-state index is -0.831. The first-order valence-corrected chi connectivity index (χ1v) is 12.4. The topological polar surface area (TPSA) is 55.1 Å². The summed E-state index contributed by atoms with van der Waals surface area (Å²) in [6.07, 6.45) is 10.0. The van der Waals surface area contributed by atoms with Crippen LogP contribution in [-0.4, -0.2) is 32.4 Å². The zero-order valence-corrected chi connectivity index (χ0v) is 19.6. The molecule has 1 heterocycles. The molecule has 0 saturated heterocycles. The Morgan fingerprint density at radius 3 is 2.58 bits per heavy atom. The van der Waals surface area contributed by atoms with Crippen LogP contribution in [0.25, 0.3) is 0 Å². The number of aryl methyl sites for hydroxylation is 1. The van der Waals surface area contributed by atoms with Gasteiger partial charge in [0.2, 0.25) is 0 Å². The number of hydrogen-bond donors (Lipinski definition) is 1. The Balaban J connectivity index is 1.37. The Morgan fingerprint density at radius 1 is 1.13 bits per heavy atom. The van der Waals surface area contributed by atoms with Crippen molar-refractivity contribution in [3.63, 3.8) is 0 Å². The second-order valence-corrected chi connectivity index (χ2v) is 12.3. The molecule has 5 heteroatoms. The van der Waals surface area contributed by atoms with Crippen molar-refractivity contribution in [2.45, 2.75) is 97.4 Å². The molecule has 0 unspecified atom stereocenters. The van der Waals surface area contributed by atoms with Crippen LogP contribution in [0.2, 0.25) is 0 Å². The lowest BCUT2D eigenvalue weighted by Crippen LogP contribution is -2.59. The van der Waals surface area contributed by atoms with Crippen LogP contribution in [0.3, 0.4) is 0 Å². The first-order chi connectivity index (χ1) is 14.5. The molecule has 0 radical (unpaired) electrons. The third kappa shape index (κ3) is 3.32. The van der Waals surface area contributed by atoms with Gasteiger partial charge in [-0.3, -0.25) is 9.48 Å². The molecule has 1 aromatic heterocycles. The van der Waals surface area contributed by atoms with Gasteiger partial charge < -0.3 is 5.11 Å². The number of aliphatic hydroxyl groups is 1. The maximum absolute atomic E-state index is 15.6. The van der Waals surface area contributed by atoms with Crippen molar-refractivity contribution in [2.24, 2.45) is 40.4 Å². The Hall–Kier alpha value is -1.23. The molecule has 4 aliphatic carbocycles. The van der Waals surface area contributed by atoms with Crippen molar-refractivity contribution in [1.29, 1.82) is 0 Å². The summed E-state index contributed by atoms with van der Waals surface area (Å²) in [6, 6.07) is 0. The van der Waals surface area contributed by atoms with E-state index in [0.717, 1.165) is 44.1 Å². The van der Waals surface area contributed by atoms with Crippen LogP contribution >= 0.6 is 0 Å². The van der Waals surface area contributed by atoms with Crippen LogP contribution in [-0.2, 0) is 11.3 Å². The summed E-state index contributed by atoms with van der Waals surface area (Å²) < 4.78 is 17.4. The summed E-state index contributed by atoms with van der Waals surface area (Å²) in [4.78, 5) is 13.3. The Bertz CT molecular complexity index is 865. The van der Waals surface area contributed by atoms with E-state index in [1.807, 2.05) is 20.0 Å². The first kappa shape index (κ1) is 21.6. The van der Waals surface area contributed by atoms with Crippen molar-refractivity contribution in [3.8, 4) is 0 Å². The zero-order valence-electron chi connectivity index (χ0n) is 19.6. The minimum Gasteiger partial charge on any atom is -0.390 e. The predicted octanol–water partition coefficient (Wildman–Crippen LogP) is 5.12. The van der Waals surface area contributed by atoms with E-state index in [9.17, 15) is 9.90 Å². The van der Waals surface area contributed by atoms with Crippen LogP contribution in [0.5, 0.6) is 0 Å². The maximum atomic E-state index is 15.6. The summed E-state index contributed by atoms with van der Waals surface area (Å²) >= 11 is 0. The van der Waals surface area contributed by atoms with Gasteiger partial charge in [0.1, 0.15) is 6.17 Å². The number of nitrogens with zero attached hydrogens (tertiary/aromatic N) is 2. The molecule has 0 aliphatic heterocycles. The lowest BCUT2D eigenvalue weighted by molar-refractivity contribution is -0.172. The van der Waals surface area contributed by atoms with Crippen LogP contribution < -0.4 is 0 Å². The summed E-state index contributed by atoms with van der Waals surface area (Å²) in [5.74, 6) is 1.70. The highest BCUT2D eigenvalue weighted by atomic mass is 19.1. The van der Waals surface area contributed by atoms with Gasteiger partial charge in [0, 0.05) is 12.1 Å². The van der Waals surface area contributed by atoms with Gasteiger partial charge >= 0.3 is 0 Å². The van der Waals surface area contributed by atoms with Gasteiger partial charge in [0.25, 0.3) is 0 Å². The molecule has 5 rings (SSSR count). The fourth-order valence-corrected chi connectivity index (χ4v) is 8.75. The molecule has 0 spiro atoms. The number of alkyl halides is 1. The Kier molecular flexibility index (Phi) is 4.97. The second-order valence-electron chi connectivity index (χ2n) is 12.3. The van der Waals surface area contributed by atoms with Gasteiger partial charge in [-0.2, -0.15) is 5.10 Å². The summed E-state index contributed by atoms with van der Waals surface area (Å²) in [5.41, 5.74) is 0.332. The van der Waals surface area contributed by atoms with Crippen molar-refractivity contribution in [2.75, 3.05) is 0 Å². The van der Waals surface area contributed by atoms with Crippen LogP contribution in [0, 0.1) is 47.3 Å². The predicted molar refractivity (Wildman–Crippen MR) is 118 cm³/mol. The fourth-order valence-electron chi connectivity index (χ4n) is 8.75. The average molecular weight is 431 g/mol. The quantitative estimate of drug-likeness (QED) is 0.724. The molecule has 9 atom stereocenters. The lowest BCUT2D eigenvalue weighted by atomic mass is 9.43. The number of aromatic nitrogens is 2. The van der Waals surface area contributed by atoms with E-state index in [4.69, 9.17) is 0 Å². The van der Waals surface area contributed by atoms with Gasteiger partial charge in [-0.05, 0) is 105 Å². The van der Waals surface area contributed by atoms with Gasteiger partial charge in [0.15, 0.2) is 5.78 Å². The molecule has 1 N–H and O–H groups in total. The number of halogens is 1. The molecule has 0 amide bonds. The zero-order chi connectivity index (χ0) is 22.2. The molecule has 0 aromatic carbocycles. The molecule has 172 valence electrons.